The lowest BCUT2D eigenvalue weighted by atomic mass is 9.43. The SMILES string of the molecule is Cc1ccccc1-c1cc2c3c(c1)N(c1cc4c(cc1C)C(C)(C)CCC4(C)C)c1cc4c(cc1B3N(c1ccc(C(C)(C)C)cc1)c1cc3c(cc1-2)C(C)(C)CCC3(C)C)sc1ccccc14. The zero-order chi connectivity index (χ0) is 47.6. The summed E-state index contributed by atoms with van der Waals surface area (Å²) in [5, 5.41) is 2.67. The number of anilines is 5. The maximum absolute atomic E-state index is 2.76. The van der Waals surface area contributed by atoms with Crippen LogP contribution in [0.2, 0.25) is 0 Å². The van der Waals surface area contributed by atoms with Crippen LogP contribution in [0.3, 0.4) is 0 Å². The largest absolute Gasteiger partial charge is 0.376 e. The molecule has 0 N–H and O–H groups in total. The van der Waals surface area contributed by atoms with Crippen molar-refractivity contribution in [3.8, 4) is 22.3 Å². The molecule has 0 atom stereocenters. The van der Waals surface area contributed by atoms with Crippen LogP contribution < -0.4 is 20.6 Å². The Hall–Kier alpha value is -5.58. The van der Waals surface area contributed by atoms with Crippen molar-refractivity contribution in [1.29, 1.82) is 0 Å². The van der Waals surface area contributed by atoms with Gasteiger partial charge in [-0.25, -0.2) is 0 Å². The van der Waals surface area contributed by atoms with Gasteiger partial charge in [0, 0.05) is 54.2 Å². The van der Waals surface area contributed by atoms with Gasteiger partial charge >= 0.3 is 6.85 Å². The number of hydrogen-bond donors (Lipinski definition) is 0. The number of hydrogen-bond acceptors (Lipinski definition) is 3. The minimum absolute atomic E-state index is 0.0417. The molecular weight excluding hydrogens is 840 g/mol. The number of fused-ring (bicyclic) bond motifs is 9. The van der Waals surface area contributed by atoms with E-state index in [4.69, 9.17) is 0 Å². The highest BCUT2D eigenvalue weighted by Gasteiger charge is 2.48. The first-order valence-electron chi connectivity index (χ1n) is 25.4. The minimum atomic E-state index is -0.0779. The smallest absolute Gasteiger partial charge is 0.333 e. The summed E-state index contributed by atoms with van der Waals surface area (Å²) in [6.45, 7) is 31.4. The Bertz CT molecular complexity index is 3430. The zero-order valence-corrected chi connectivity index (χ0v) is 43.6. The van der Waals surface area contributed by atoms with E-state index in [0.717, 1.165) is 0 Å². The molecule has 4 aliphatic rings. The van der Waals surface area contributed by atoms with E-state index in [-0.39, 0.29) is 33.9 Å². The number of rotatable bonds is 3. The summed E-state index contributed by atoms with van der Waals surface area (Å²) in [5.74, 6) is 0. The molecule has 4 heteroatoms. The van der Waals surface area contributed by atoms with Gasteiger partial charge in [0.25, 0.3) is 0 Å². The molecule has 1 aromatic heterocycles. The average Bonchev–Trinajstić information content (AvgIpc) is 3.66. The number of nitrogens with zero attached hydrogens (tertiary/aromatic N) is 2. The molecule has 0 radical (unpaired) electrons. The summed E-state index contributed by atoms with van der Waals surface area (Å²) in [6.07, 6.45) is 4.71. The zero-order valence-electron chi connectivity index (χ0n) is 42.8. The third-order valence-corrected chi connectivity index (χ3v) is 18.5. The van der Waals surface area contributed by atoms with Gasteiger partial charge in [0.05, 0.1) is 0 Å². The van der Waals surface area contributed by atoms with Gasteiger partial charge in [0.2, 0.25) is 0 Å². The van der Waals surface area contributed by atoms with Crippen molar-refractivity contribution in [2.24, 2.45) is 0 Å². The van der Waals surface area contributed by atoms with Gasteiger partial charge in [-0.2, -0.15) is 0 Å². The second kappa shape index (κ2) is 14.5. The summed E-state index contributed by atoms with van der Waals surface area (Å²) in [7, 11) is 0. The van der Waals surface area contributed by atoms with Gasteiger partial charge in [-0.1, -0.05) is 137 Å². The van der Waals surface area contributed by atoms with Crippen molar-refractivity contribution in [2.75, 3.05) is 9.71 Å². The van der Waals surface area contributed by atoms with Crippen LogP contribution in [-0.4, -0.2) is 6.85 Å². The molecule has 0 saturated carbocycles. The van der Waals surface area contributed by atoms with Crippen molar-refractivity contribution in [3.63, 3.8) is 0 Å². The Morgan fingerprint density at radius 1 is 0.485 bits per heavy atom. The summed E-state index contributed by atoms with van der Waals surface area (Å²) in [5.41, 5.74) is 24.7. The molecule has 0 saturated heterocycles. The summed E-state index contributed by atoms with van der Waals surface area (Å²) in [6, 6.07) is 48.5. The van der Waals surface area contributed by atoms with Crippen LogP contribution in [0.4, 0.5) is 28.4 Å². The van der Waals surface area contributed by atoms with E-state index in [0.29, 0.717) is 0 Å². The maximum Gasteiger partial charge on any atom is 0.333 e. The van der Waals surface area contributed by atoms with Crippen LogP contribution in [0.15, 0.2) is 121 Å². The van der Waals surface area contributed by atoms with Crippen molar-refractivity contribution < 1.29 is 0 Å². The molecule has 7 aromatic carbocycles. The quantitative estimate of drug-likeness (QED) is 0.163. The third kappa shape index (κ3) is 6.41. The van der Waals surface area contributed by atoms with Gasteiger partial charge in [-0.05, 0) is 194 Å². The predicted octanol–water partition coefficient (Wildman–Crippen LogP) is 17.0. The second-order valence-corrected chi connectivity index (χ2v) is 25.9. The first kappa shape index (κ1) is 43.7. The molecule has 2 aliphatic heterocycles. The van der Waals surface area contributed by atoms with Gasteiger partial charge in [-0.15, -0.1) is 11.3 Å². The topological polar surface area (TPSA) is 6.48 Å². The molecule has 8 aromatic rings. The van der Waals surface area contributed by atoms with E-state index in [1.54, 1.807) is 0 Å². The van der Waals surface area contributed by atoms with E-state index in [9.17, 15) is 0 Å². The van der Waals surface area contributed by atoms with Crippen LogP contribution >= 0.6 is 11.3 Å². The number of thiophene rings is 1. The Balaban J connectivity index is 1.26. The van der Waals surface area contributed by atoms with E-state index in [2.05, 4.69) is 221 Å². The lowest BCUT2D eigenvalue weighted by molar-refractivity contribution is 0.332. The normalized spacial score (nSPS) is 18.2. The van der Waals surface area contributed by atoms with Gasteiger partial charge < -0.3 is 9.71 Å². The number of aryl methyl sites for hydroxylation is 2. The highest BCUT2D eigenvalue weighted by atomic mass is 32.1. The van der Waals surface area contributed by atoms with E-state index >= 15 is 0 Å². The fourth-order valence-electron chi connectivity index (χ4n) is 12.9. The van der Waals surface area contributed by atoms with Gasteiger partial charge in [0.1, 0.15) is 0 Å². The highest BCUT2D eigenvalue weighted by Crippen LogP contribution is 2.56. The summed E-state index contributed by atoms with van der Waals surface area (Å²) in [4.78, 5) is 5.49. The fraction of sp³-hybridized carbons (Fsp3) is 0.344. The number of benzene rings is 7. The Labute approximate surface area is 410 Å². The lowest BCUT2D eigenvalue weighted by Crippen LogP contribution is -2.61. The first-order chi connectivity index (χ1) is 32.1. The first-order valence-corrected chi connectivity index (χ1v) is 26.2. The minimum Gasteiger partial charge on any atom is -0.376 e. The molecule has 12 rings (SSSR count). The lowest BCUT2D eigenvalue weighted by Gasteiger charge is -2.49. The maximum atomic E-state index is 2.76. The van der Waals surface area contributed by atoms with Crippen LogP contribution in [0.25, 0.3) is 42.4 Å². The van der Waals surface area contributed by atoms with E-state index < -0.39 is 0 Å². The standard InChI is InChI=1S/C64H67BN2S/c1-38-18-14-15-19-43(38)40-31-47-45-33-49-51(64(12,13)29-27-62(49,8)9)36-54(45)67(42-24-22-41(23-25-42)60(3,4)5)65-52-37-58-46(44-20-16-17-21-57(44)68-58)34-55(52)66(56(32-40)59(47)65)53-35-50-48(30-39(53)2)61(6,7)26-28-63(50,10)11/h14-25,30-37H,26-29H2,1-13H3. The molecule has 68 heavy (non-hydrogen) atoms. The van der Waals surface area contributed by atoms with Crippen LogP contribution in [0, 0.1) is 13.8 Å². The van der Waals surface area contributed by atoms with E-state index in [1.165, 1.54) is 146 Å². The van der Waals surface area contributed by atoms with Crippen molar-refractivity contribution >= 4 is 77.7 Å². The Kier molecular flexibility index (Phi) is 9.31. The summed E-state index contributed by atoms with van der Waals surface area (Å²) >= 11 is 1.94. The third-order valence-electron chi connectivity index (χ3n) is 17.4. The van der Waals surface area contributed by atoms with Crippen molar-refractivity contribution in [2.45, 2.75) is 143 Å². The molecule has 0 bridgehead atoms. The van der Waals surface area contributed by atoms with Gasteiger partial charge in [0.15, 0.2) is 0 Å². The molecule has 0 amide bonds. The van der Waals surface area contributed by atoms with Crippen LogP contribution in [-0.2, 0) is 27.1 Å². The molecule has 342 valence electrons. The van der Waals surface area contributed by atoms with Crippen molar-refractivity contribution in [3.05, 3.63) is 160 Å². The molecular formula is C64H67BN2S. The van der Waals surface area contributed by atoms with E-state index in [1.807, 2.05) is 11.3 Å². The Morgan fingerprint density at radius 3 is 1.72 bits per heavy atom. The van der Waals surface area contributed by atoms with Gasteiger partial charge in [-0.3, -0.25) is 0 Å². The highest BCUT2D eigenvalue weighted by molar-refractivity contribution is 7.26. The van der Waals surface area contributed by atoms with Crippen LogP contribution in [0.5, 0.6) is 0 Å². The Morgan fingerprint density at radius 2 is 1.07 bits per heavy atom. The average molecular weight is 907 g/mol. The summed E-state index contributed by atoms with van der Waals surface area (Å²) < 4.78 is 2.68. The molecule has 2 nitrogen and oxygen atoms in total. The molecule has 2 aliphatic carbocycles. The molecule has 0 unspecified atom stereocenters. The molecule has 0 fully saturated rings. The van der Waals surface area contributed by atoms with Crippen LogP contribution in [0.1, 0.15) is 141 Å². The fourth-order valence-corrected chi connectivity index (χ4v) is 14.0. The van der Waals surface area contributed by atoms with Crippen molar-refractivity contribution in [1.82, 2.24) is 0 Å². The predicted molar refractivity (Wildman–Crippen MR) is 297 cm³/mol. The molecule has 3 heterocycles. The monoisotopic (exact) mass is 907 g/mol. The molecule has 0 spiro atoms. The second-order valence-electron chi connectivity index (χ2n) is 24.8.